The quantitative estimate of drug-likeness (QED) is 0.0868. The molecule has 0 unspecified atom stereocenters. The van der Waals surface area contributed by atoms with Crippen molar-refractivity contribution < 1.29 is 9.47 Å². The van der Waals surface area contributed by atoms with Crippen molar-refractivity contribution in [2.45, 2.75) is 52.0 Å². The van der Waals surface area contributed by atoms with Crippen LogP contribution in [0.15, 0.2) is 134 Å². The maximum absolute atomic E-state index is 6.14. The van der Waals surface area contributed by atoms with Crippen LogP contribution in [0, 0.1) is 0 Å². The number of ether oxygens (including phenoxy) is 2. The van der Waals surface area contributed by atoms with E-state index < -0.39 is 0 Å². The first kappa shape index (κ1) is 38.4. The minimum Gasteiger partial charge on any atom is -0.494 e. The van der Waals surface area contributed by atoms with Gasteiger partial charge in [0.2, 0.25) is 0 Å². The molecule has 0 aliphatic carbocycles. The molecule has 1 saturated heterocycles. The molecule has 2 heterocycles. The largest absolute Gasteiger partial charge is 0.494 e. The van der Waals surface area contributed by atoms with E-state index in [4.69, 9.17) is 26.1 Å². The second kappa shape index (κ2) is 19.1. The highest BCUT2D eigenvalue weighted by Crippen LogP contribution is 2.33. The number of piperidine rings is 1. The maximum Gasteiger partial charge on any atom is 0.119 e. The predicted octanol–water partition coefficient (Wildman–Crippen LogP) is 11.0. The SMILES string of the molecule is CCN(CC)CCCOc1ccc(-n2cc(-c3ccc(OCCc4ccc(Cl)cc4)cc3)nc2C2CCN(Cc3ccc(-c4ccccc4)cc3)CC2)cc1. The summed E-state index contributed by atoms with van der Waals surface area (Å²) < 4.78 is 14.5. The van der Waals surface area contributed by atoms with Crippen molar-refractivity contribution in [1.29, 1.82) is 0 Å². The lowest BCUT2D eigenvalue weighted by Crippen LogP contribution is -2.33. The van der Waals surface area contributed by atoms with Gasteiger partial charge in [-0.05, 0) is 128 Å². The second-order valence-corrected chi connectivity index (χ2v) is 14.9. The standard InChI is InChI=1S/C48H53ClN4O2/c1-3-51(4-2)30-8-33-54-46-25-21-44(22-26-46)53-36-47(41-17-23-45(24-18-41)55-34-29-37-13-19-43(49)20-14-37)50-48(53)42-27-31-52(32-28-42)35-38-11-15-40(16-12-38)39-9-6-5-7-10-39/h5-7,9-26,36,42H,3-4,8,27-35H2,1-2H3. The van der Waals surface area contributed by atoms with Gasteiger partial charge >= 0.3 is 0 Å². The summed E-state index contributed by atoms with van der Waals surface area (Å²) >= 11 is 6.05. The number of nitrogens with zero attached hydrogens (tertiary/aromatic N) is 4. The van der Waals surface area contributed by atoms with Crippen LogP contribution in [-0.2, 0) is 13.0 Å². The lowest BCUT2D eigenvalue weighted by atomic mass is 9.95. The van der Waals surface area contributed by atoms with E-state index in [0.29, 0.717) is 19.1 Å². The fraction of sp³-hybridized carbons (Fsp3) is 0.312. The molecule has 6 nitrogen and oxygen atoms in total. The first-order chi connectivity index (χ1) is 27.0. The van der Waals surface area contributed by atoms with Crippen LogP contribution >= 0.6 is 11.6 Å². The van der Waals surface area contributed by atoms with E-state index in [9.17, 15) is 0 Å². The van der Waals surface area contributed by atoms with Crippen LogP contribution in [0.25, 0.3) is 28.1 Å². The molecule has 1 fully saturated rings. The van der Waals surface area contributed by atoms with E-state index in [0.717, 1.165) is 104 Å². The third kappa shape index (κ3) is 10.5. The summed E-state index contributed by atoms with van der Waals surface area (Å²) in [6.07, 6.45) is 6.17. The first-order valence-corrected chi connectivity index (χ1v) is 20.3. The highest BCUT2D eigenvalue weighted by Gasteiger charge is 2.26. The Kier molecular flexibility index (Phi) is 13.4. The number of likely N-dealkylation sites (tertiary alicyclic amines) is 1. The third-order valence-electron chi connectivity index (χ3n) is 10.8. The first-order valence-electron chi connectivity index (χ1n) is 19.9. The molecule has 7 rings (SSSR count). The van der Waals surface area contributed by atoms with Crippen LogP contribution in [-0.4, -0.2) is 65.3 Å². The minimum absolute atomic E-state index is 0.358. The Bertz CT molecular complexity index is 2030. The summed E-state index contributed by atoms with van der Waals surface area (Å²) in [5, 5.41) is 0.750. The van der Waals surface area contributed by atoms with Gasteiger partial charge < -0.3 is 18.9 Å². The third-order valence-corrected chi connectivity index (χ3v) is 11.0. The Morgan fingerprint density at radius 1 is 0.673 bits per heavy atom. The number of benzene rings is 5. The van der Waals surface area contributed by atoms with Crippen LogP contribution in [0.1, 0.15) is 56.0 Å². The average Bonchev–Trinajstić information content (AvgIpc) is 3.69. The molecular formula is C48H53ClN4O2. The van der Waals surface area contributed by atoms with Crippen molar-refractivity contribution in [3.63, 3.8) is 0 Å². The van der Waals surface area contributed by atoms with E-state index in [1.54, 1.807) is 0 Å². The lowest BCUT2D eigenvalue weighted by Gasteiger charge is -2.32. The Morgan fingerprint density at radius 2 is 1.27 bits per heavy atom. The topological polar surface area (TPSA) is 42.8 Å². The zero-order valence-corrected chi connectivity index (χ0v) is 33.0. The van der Waals surface area contributed by atoms with Gasteiger partial charge in [0.05, 0.1) is 18.9 Å². The van der Waals surface area contributed by atoms with Crippen LogP contribution in [0.3, 0.4) is 0 Å². The van der Waals surface area contributed by atoms with Gasteiger partial charge in [-0.15, -0.1) is 0 Å². The van der Waals surface area contributed by atoms with E-state index in [1.807, 2.05) is 36.4 Å². The molecule has 5 aromatic carbocycles. The minimum atomic E-state index is 0.358. The Morgan fingerprint density at radius 3 is 1.95 bits per heavy atom. The van der Waals surface area contributed by atoms with Gasteiger partial charge in [-0.1, -0.05) is 92.2 Å². The van der Waals surface area contributed by atoms with E-state index in [2.05, 4.69) is 125 Å². The second-order valence-electron chi connectivity index (χ2n) is 14.4. The number of hydrogen-bond donors (Lipinski definition) is 0. The van der Waals surface area contributed by atoms with E-state index >= 15 is 0 Å². The Balaban J connectivity index is 1.02. The number of imidazole rings is 1. The molecule has 0 atom stereocenters. The monoisotopic (exact) mass is 752 g/mol. The van der Waals surface area contributed by atoms with Crippen molar-refractivity contribution in [3.8, 4) is 39.6 Å². The zero-order chi connectivity index (χ0) is 37.8. The van der Waals surface area contributed by atoms with E-state index in [1.165, 1.54) is 22.3 Å². The molecule has 7 heteroatoms. The van der Waals surface area contributed by atoms with Crippen LogP contribution < -0.4 is 9.47 Å². The molecule has 6 aromatic rings. The fourth-order valence-corrected chi connectivity index (χ4v) is 7.58. The number of halogens is 1. The molecule has 0 amide bonds. The molecule has 0 radical (unpaired) electrons. The molecule has 1 aliphatic heterocycles. The van der Waals surface area contributed by atoms with Gasteiger partial charge in [0, 0.05) is 47.9 Å². The summed E-state index contributed by atoms with van der Waals surface area (Å²) in [7, 11) is 0. The van der Waals surface area contributed by atoms with Gasteiger partial charge in [0.25, 0.3) is 0 Å². The van der Waals surface area contributed by atoms with Crippen molar-refractivity contribution in [1.82, 2.24) is 19.4 Å². The summed E-state index contributed by atoms with van der Waals surface area (Å²) in [5.41, 5.74) is 8.23. The van der Waals surface area contributed by atoms with Crippen molar-refractivity contribution >= 4 is 11.6 Å². The summed E-state index contributed by atoms with van der Waals surface area (Å²) in [5.74, 6) is 3.24. The molecular weight excluding hydrogens is 700 g/mol. The molecule has 0 saturated carbocycles. The van der Waals surface area contributed by atoms with Gasteiger partial charge in [-0.25, -0.2) is 4.98 Å². The van der Waals surface area contributed by atoms with Gasteiger partial charge in [0.15, 0.2) is 0 Å². The molecule has 55 heavy (non-hydrogen) atoms. The summed E-state index contributed by atoms with van der Waals surface area (Å²) in [6, 6.07) is 44.5. The zero-order valence-electron chi connectivity index (χ0n) is 32.2. The molecule has 1 aromatic heterocycles. The smallest absolute Gasteiger partial charge is 0.119 e. The van der Waals surface area contributed by atoms with Crippen LogP contribution in [0.5, 0.6) is 11.5 Å². The van der Waals surface area contributed by atoms with Gasteiger partial charge in [0.1, 0.15) is 17.3 Å². The molecule has 1 aliphatic rings. The van der Waals surface area contributed by atoms with Crippen molar-refractivity contribution in [3.05, 3.63) is 156 Å². The normalized spacial score (nSPS) is 13.7. The van der Waals surface area contributed by atoms with Gasteiger partial charge in [-0.2, -0.15) is 0 Å². The lowest BCUT2D eigenvalue weighted by molar-refractivity contribution is 0.201. The number of aromatic nitrogens is 2. The average molecular weight is 753 g/mol. The predicted molar refractivity (Wildman–Crippen MR) is 227 cm³/mol. The fourth-order valence-electron chi connectivity index (χ4n) is 7.45. The van der Waals surface area contributed by atoms with Crippen molar-refractivity contribution in [2.75, 3.05) is 45.9 Å². The highest BCUT2D eigenvalue weighted by atomic mass is 35.5. The molecule has 284 valence electrons. The van der Waals surface area contributed by atoms with Gasteiger partial charge in [-0.3, -0.25) is 4.90 Å². The highest BCUT2D eigenvalue weighted by molar-refractivity contribution is 6.30. The maximum atomic E-state index is 6.14. The molecule has 0 bridgehead atoms. The van der Waals surface area contributed by atoms with Crippen LogP contribution in [0.4, 0.5) is 0 Å². The molecule has 0 spiro atoms. The summed E-state index contributed by atoms with van der Waals surface area (Å²) in [6.45, 7) is 12.0. The van der Waals surface area contributed by atoms with E-state index in [-0.39, 0.29) is 0 Å². The summed E-state index contributed by atoms with van der Waals surface area (Å²) in [4.78, 5) is 10.4. The van der Waals surface area contributed by atoms with Crippen molar-refractivity contribution in [2.24, 2.45) is 0 Å². The van der Waals surface area contributed by atoms with Crippen LogP contribution in [0.2, 0.25) is 5.02 Å². The Labute approximate surface area is 332 Å². The number of hydrogen-bond acceptors (Lipinski definition) is 5. The number of rotatable bonds is 17. The molecule has 0 N–H and O–H groups in total. The Hall–Kier alpha value is -4.88.